The van der Waals surface area contributed by atoms with Crippen molar-refractivity contribution >= 4 is 35.8 Å². The summed E-state index contributed by atoms with van der Waals surface area (Å²) < 4.78 is 5.62. The van der Waals surface area contributed by atoms with Crippen molar-refractivity contribution in [1.82, 2.24) is 15.6 Å². The standard InChI is InChI=1S/C21H29N5O.HI/c1-3-22-21(24-14-18-7-5-4-6-8-18)25-15-19-9-10-23-20(13-19)26-11-12-27-17(2)16-26;/h4-10,13,17H,3,11-12,14-16H2,1-2H3,(H2,22,24,25);1H. The Kier molecular flexibility index (Phi) is 9.49. The molecule has 0 amide bonds. The van der Waals surface area contributed by atoms with Gasteiger partial charge >= 0.3 is 0 Å². The first kappa shape index (κ1) is 22.4. The Hall–Kier alpha value is -1.87. The molecule has 1 saturated heterocycles. The second kappa shape index (κ2) is 11.9. The first-order chi connectivity index (χ1) is 13.2. The molecule has 2 N–H and O–H groups in total. The lowest BCUT2D eigenvalue weighted by Crippen LogP contribution is -2.41. The summed E-state index contributed by atoms with van der Waals surface area (Å²) in [6.07, 6.45) is 2.11. The van der Waals surface area contributed by atoms with E-state index in [1.165, 1.54) is 5.56 Å². The molecule has 6 nitrogen and oxygen atoms in total. The minimum absolute atomic E-state index is 0. The summed E-state index contributed by atoms with van der Waals surface area (Å²) in [6, 6.07) is 14.5. The Morgan fingerprint density at radius 1 is 1.21 bits per heavy atom. The normalized spacial score (nSPS) is 17.0. The van der Waals surface area contributed by atoms with Crippen LogP contribution in [0.1, 0.15) is 25.0 Å². The van der Waals surface area contributed by atoms with Crippen LogP contribution in [0.2, 0.25) is 0 Å². The summed E-state index contributed by atoms with van der Waals surface area (Å²) in [5, 5.41) is 6.69. The number of pyridine rings is 1. The Labute approximate surface area is 184 Å². The molecule has 0 aliphatic carbocycles. The number of aliphatic imine (C=N–C) groups is 1. The van der Waals surface area contributed by atoms with E-state index >= 15 is 0 Å². The van der Waals surface area contributed by atoms with Gasteiger partial charge in [0.1, 0.15) is 5.82 Å². The van der Waals surface area contributed by atoms with Crippen LogP contribution in [0.4, 0.5) is 5.82 Å². The van der Waals surface area contributed by atoms with Gasteiger partial charge in [-0.25, -0.2) is 9.98 Å². The molecule has 0 spiro atoms. The van der Waals surface area contributed by atoms with Crippen LogP contribution >= 0.6 is 24.0 Å². The molecular weight excluding hydrogens is 465 g/mol. The van der Waals surface area contributed by atoms with E-state index in [-0.39, 0.29) is 30.1 Å². The number of guanidine groups is 1. The van der Waals surface area contributed by atoms with Crippen molar-refractivity contribution in [2.24, 2.45) is 4.99 Å². The van der Waals surface area contributed by atoms with Crippen LogP contribution in [0.25, 0.3) is 0 Å². The van der Waals surface area contributed by atoms with E-state index in [0.717, 1.165) is 50.1 Å². The van der Waals surface area contributed by atoms with Crippen LogP contribution in [0.3, 0.4) is 0 Å². The minimum Gasteiger partial charge on any atom is -0.375 e. The van der Waals surface area contributed by atoms with Gasteiger partial charge in [-0.2, -0.15) is 0 Å². The number of halogens is 1. The smallest absolute Gasteiger partial charge is 0.191 e. The molecule has 0 bridgehead atoms. The number of rotatable bonds is 6. The second-order valence-corrected chi connectivity index (χ2v) is 6.68. The average molecular weight is 495 g/mol. The van der Waals surface area contributed by atoms with Gasteiger partial charge in [0.25, 0.3) is 0 Å². The third-order valence-corrected chi connectivity index (χ3v) is 4.44. The van der Waals surface area contributed by atoms with Crippen LogP contribution in [0.5, 0.6) is 0 Å². The van der Waals surface area contributed by atoms with Gasteiger partial charge in [-0.3, -0.25) is 0 Å². The number of morpholine rings is 1. The lowest BCUT2D eigenvalue weighted by atomic mass is 10.2. The van der Waals surface area contributed by atoms with Crippen molar-refractivity contribution in [3.63, 3.8) is 0 Å². The van der Waals surface area contributed by atoms with E-state index in [2.05, 4.69) is 52.6 Å². The maximum Gasteiger partial charge on any atom is 0.191 e. The predicted octanol–water partition coefficient (Wildman–Crippen LogP) is 3.18. The maximum absolute atomic E-state index is 5.62. The highest BCUT2D eigenvalue weighted by molar-refractivity contribution is 14.0. The van der Waals surface area contributed by atoms with Crippen molar-refractivity contribution in [3.05, 3.63) is 59.8 Å². The largest absolute Gasteiger partial charge is 0.375 e. The molecule has 1 fully saturated rings. The lowest BCUT2D eigenvalue weighted by molar-refractivity contribution is 0.0529. The first-order valence-corrected chi connectivity index (χ1v) is 9.62. The Bertz CT molecular complexity index is 741. The summed E-state index contributed by atoms with van der Waals surface area (Å²) >= 11 is 0. The summed E-state index contributed by atoms with van der Waals surface area (Å²) in [5.41, 5.74) is 2.38. The van der Waals surface area contributed by atoms with Crippen LogP contribution in [-0.4, -0.2) is 43.3 Å². The molecule has 1 aromatic heterocycles. The highest BCUT2D eigenvalue weighted by Crippen LogP contribution is 2.16. The number of hydrogen-bond donors (Lipinski definition) is 2. The highest BCUT2D eigenvalue weighted by atomic mass is 127. The van der Waals surface area contributed by atoms with Crippen molar-refractivity contribution in [1.29, 1.82) is 0 Å². The molecule has 2 heterocycles. The number of ether oxygens (including phenoxy) is 1. The zero-order chi connectivity index (χ0) is 18.9. The van der Waals surface area contributed by atoms with Gasteiger partial charge in [-0.05, 0) is 37.1 Å². The molecule has 1 aliphatic rings. The summed E-state index contributed by atoms with van der Waals surface area (Å²) in [4.78, 5) is 11.5. The zero-order valence-corrected chi connectivity index (χ0v) is 18.9. The third-order valence-electron chi connectivity index (χ3n) is 4.44. The van der Waals surface area contributed by atoms with E-state index in [9.17, 15) is 0 Å². The molecule has 28 heavy (non-hydrogen) atoms. The van der Waals surface area contributed by atoms with Crippen molar-refractivity contribution < 1.29 is 4.74 Å². The number of aromatic nitrogens is 1. The van der Waals surface area contributed by atoms with E-state index in [4.69, 9.17) is 9.73 Å². The van der Waals surface area contributed by atoms with E-state index in [1.807, 2.05) is 30.5 Å². The predicted molar refractivity (Wildman–Crippen MR) is 125 cm³/mol. The Morgan fingerprint density at radius 3 is 2.79 bits per heavy atom. The summed E-state index contributed by atoms with van der Waals surface area (Å²) in [5.74, 6) is 1.82. The molecule has 1 aliphatic heterocycles. The zero-order valence-electron chi connectivity index (χ0n) is 16.6. The van der Waals surface area contributed by atoms with Gasteiger partial charge < -0.3 is 20.3 Å². The molecule has 7 heteroatoms. The van der Waals surface area contributed by atoms with E-state index in [1.54, 1.807) is 0 Å². The quantitative estimate of drug-likeness (QED) is 0.366. The second-order valence-electron chi connectivity index (χ2n) is 6.68. The molecule has 1 atom stereocenters. The molecule has 0 saturated carbocycles. The summed E-state index contributed by atoms with van der Waals surface area (Å²) in [7, 11) is 0. The van der Waals surface area contributed by atoms with Crippen LogP contribution < -0.4 is 15.5 Å². The Morgan fingerprint density at radius 2 is 2.04 bits per heavy atom. The average Bonchev–Trinajstić information content (AvgIpc) is 2.71. The summed E-state index contributed by atoms with van der Waals surface area (Å²) in [6.45, 7) is 8.87. The Balaban J connectivity index is 0.00000280. The lowest BCUT2D eigenvalue weighted by Gasteiger charge is -2.32. The molecular formula is C21H30IN5O. The minimum atomic E-state index is 0. The third kappa shape index (κ3) is 6.94. The monoisotopic (exact) mass is 495 g/mol. The van der Waals surface area contributed by atoms with Crippen LogP contribution in [-0.2, 0) is 17.8 Å². The number of benzene rings is 1. The molecule has 3 rings (SSSR count). The van der Waals surface area contributed by atoms with Gasteiger partial charge in [-0.15, -0.1) is 24.0 Å². The number of nitrogens with zero attached hydrogens (tertiary/aromatic N) is 3. The number of hydrogen-bond acceptors (Lipinski definition) is 4. The first-order valence-electron chi connectivity index (χ1n) is 9.62. The fourth-order valence-electron chi connectivity index (χ4n) is 3.05. The fourth-order valence-corrected chi connectivity index (χ4v) is 3.05. The molecule has 152 valence electrons. The highest BCUT2D eigenvalue weighted by Gasteiger charge is 2.17. The maximum atomic E-state index is 5.62. The van der Waals surface area contributed by atoms with Gasteiger partial charge in [-0.1, -0.05) is 30.3 Å². The fraction of sp³-hybridized carbons (Fsp3) is 0.429. The van der Waals surface area contributed by atoms with Crippen molar-refractivity contribution in [2.75, 3.05) is 31.1 Å². The number of anilines is 1. The molecule has 2 aromatic rings. The van der Waals surface area contributed by atoms with Crippen molar-refractivity contribution in [3.8, 4) is 0 Å². The van der Waals surface area contributed by atoms with Gasteiger partial charge in [0.15, 0.2) is 5.96 Å². The van der Waals surface area contributed by atoms with Crippen LogP contribution in [0, 0.1) is 0 Å². The molecule has 0 radical (unpaired) electrons. The van der Waals surface area contributed by atoms with E-state index in [0.29, 0.717) is 6.54 Å². The molecule has 1 unspecified atom stereocenters. The van der Waals surface area contributed by atoms with Gasteiger partial charge in [0, 0.05) is 32.4 Å². The van der Waals surface area contributed by atoms with Crippen LogP contribution in [0.15, 0.2) is 53.7 Å². The topological polar surface area (TPSA) is 61.8 Å². The van der Waals surface area contributed by atoms with Gasteiger partial charge in [0.2, 0.25) is 0 Å². The number of nitrogens with one attached hydrogen (secondary N) is 2. The van der Waals surface area contributed by atoms with E-state index < -0.39 is 0 Å². The van der Waals surface area contributed by atoms with Crippen molar-refractivity contribution in [2.45, 2.75) is 33.0 Å². The molecule has 1 aromatic carbocycles. The van der Waals surface area contributed by atoms with Gasteiger partial charge in [0.05, 0.1) is 19.3 Å². The SMILES string of the molecule is CCNC(=NCc1ccnc(N2CCOC(C)C2)c1)NCc1ccccc1.I.